The van der Waals surface area contributed by atoms with Gasteiger partial charge in [0.15, 0.2) is 11.6 Å². The Bertz CT molecular complexity index is 585. The van der Waals surface area contributed by atoms with Gasteiger partial charge in [0.2, 0.25) is 0 Å². The third kappa shape index (κ3) is 3.29. The third-order valence-corrected chi connectivity index (χ3v) is 3.17. The highest BCUT2D eigenvalue weighted by atomic mass is 19.1. The van der Waals surface area contributed by atoms with Crippen LogP contribution in [0.25, 0.3) is 0 Å². The summed E-state index contributed by atoms with van der Waals surface area (Å²) in [6, 6.07) is 12.6. The molecule has 2 rings (SSSR count). The molecule has 0 aromatic heterocycles. The van der Waals surface area contributed by atoms with Crippen molar-refractivity contribution < 1.29 is 9.13 Å². The van der Waals surface area contributed by atoms with Crippen molar-refractivity contribution in [1.29, 1.82) is 0 Å². The molecule has 0 atom stereocenters. The second-order valence-electron chi connectivity index (χ2n) is 5.77. The van der Waals surface area contributed by atoms with E-state index in [0.29, 0.717) is 5.75 Å². The SMILES string of the molecule is CNc1ccc(Oc2ccc(C(C)(C)C)cc2)c(F)c1. The summed E-state index contributed by atoms with van der Waals surface area (Å²) >= 11 is 0. The van der Waals surface area contributed by atoms with Crippen LogP contribution >= 0.6 is 0 Å². The minimum atomic E-state index is -0.378. The fourth-order valence-corrected chi connectivity index (χ4v) is 1.89. The van der Waals surface area contributed by atoms with Crippen molar-refractivity contribution in [3.63, 3.8) is 0 Å². The highest BCUT2D eigenvalue weighted by molar-refractivity contribution is 5.47. The number of halogens is 1. The van der Waals surface area contributed by atoms with Crippen LogP contribution in [0.15, 0.2) is 42.5 Å². The maximum atomic E-state index is 13.8. The van der Waals surface area contributed by atoms with E-state index < -0.39 is 0 Å². The largest absolute Gasteiger partial charge is 0.454 e. The molecule has 2 nitrogen and oxygen atoms in total. The third-order valence-electron chi connectivity index (χ3n) is 3.17. The zero-order chi connectivity index (χ0) is 14.8. The Balaban J connectivity index is 2.18. The van der Waals surface area contributed by atoms with Crippen LogP contribution in [0.4, 0.5) is 10.1 Å². The zero-order valence-corrected chi connectivity index (χ0v) is 12.3. The lowest BCUT2D eigenvalue weighted by Gasteiger charge is -2.19. The second-order valence-corrected chi connectivity index (χ2v) is 5.77. The molecule has 0 radical (unpaired) electrons. The van der Waals surface area contributed by atoms with Crippen LogP contribution in [-0.4, -0.2) is 7.05 Å². The van der Waals surface area contributed by atoms with Crippen molar-refractivity contribution >= 4 is 5.69 Å². The van der Waals surface area contributed by atoms with E-state index in [-0.39, 0.29) is 17.0 Å². The lowest BCUT2D eigenvalue weighted by atomic mass is 9.87. The molecule has 0 unspecified atom stereocenters. The van der Waals surface area contributed by atoms with Gasteiger partial charge in [0, 0.05) is 18.8 Å². The molecule has 0 saturated heterocycles. The molecular weight excluding hydrogens is 253 g/mol. The summed E-state index contributed by atoms with van der Waals surface area (Å²) in [5.74, 6) is 0.485. The molecule has 1 N–H and O–H groups in total. The molecule has 0 heterocycles. The molecule has 2 aromatic rings. The molecule has 0 aliphatic heterocycles. The Kier molecular flexibility index (Phi) is 3.98. The molecule has 106 valence electrons. The summed E-state index contributed by atoms with van der Waals surface area (Å²) in [4.78, 5) is 0. The number of benzene rings is 2. The van der Waals surface area contributed by atoms with Gasteiger partial charge in [0.25, 0.3) is 0 Å². The first-order valence-corrected chi connectivity index (χ1v) is 6.66. The van der Waals surface area contributed by atoms with Crippen LogP contribution in [0.1, 0.15) is 26.3 Å². The Morgan fingerprint density at radius 3 is 2.15 bits per heavy atom. The Labute approximate surface area is 119 Å². The fraction of sp³-hybridized carbons (Fsp3) is 0.294. The number of anilines is 1. The van der Waals surface area contributed by atoms with Gasteiger partial charge >= 0.3 is 0 Å². The van der Waals surface area contributed by atoms with Gasteiger partial charge in [-0.3, -0.25) is 0 Å². The Morgan fingerprint density at radius 2 is 1.65 bits per heavy atom. The minimum Gasteiger partial charge on any atom is -0.454 e. The van der Waals surface area contributed by atoms with Crippen molar-refractivity contribution in [3.8, 4) is 11.5 Å². The average Bonchev–Trinajstić information content (AvgIpc) is 2.40. The normalized spacial score (nSPS) is 11.2. The molecule has 0 aliphatic carbocycles. The molecule has 20 heavy (non-hydrogen) atoms. The van der Waals surface area contributed by atoms with Gasteiger partial charge in [-0.15, -0.1) is 0 Å². The van der Waals surface area contributed by atoms with Crippen LogP contribution in [0, 0.1) is 5.82 Å². The highest BCUT2D eigenvalue weighted by Gasteiger charge is 2.13. The van der Waals surface area contributed by atoms with Gasteiger partial charge in [-0.2, -0.15) is 0 Å². The van der Waals surface area contributed by atoms with E-state index in [1.165, 1.54) is 11.6 Å². The number of nitrogens with one attached hydrogen (secondary N) is 1. The van der Waals surface area contributed by atoms with Gasteiger partial charge in [-0.05, 0) is 35.2 Å². The lowest BCUT2D eigenvalue weighted by molar-refractivity contribution is 0.442. The topological polar surface area (TPSA) is 21.3 Å². The van der Waals surface area contributed by atoms with Crippen molar-refractivity contribution in [2.75, 3.05) is 12.4 Å². The quantitative estimate of drug-likeness (QED) is 0.853. The summed E-state index contributed by atoms with van der Waals surface area (Å²) in [6.07, 6.45) is 0. The fourth-order valence-electron chi connectivity index (χ4n) is 1.89. The van der Waals surface area contributed by atoms with E-state index in [9.17, 15) is 4.39 Å². The Hall–Kier alpha value is -2.03. The zero-order valence-electron chi connectivity index (χ0n) is 12.3. The first-order valence-electron chi connectivity index (χ1n) is 6.66. The molecule has 3 heteroatoms. The van der Waals surface area contributed by atoms with Gasteiger partial charge in [-0.25, -0.2) is 4.39 Å². The van der Waals surface area contributed by atoms with Crippen molar-refractivity contribution in [2.24, 2.45) is 0 Å². The number of hydrogen-bond donors (Lipinski definition) is 1. The molecule has 0 spiro atoms. The average molecular weight is 273 g/mol. The van der Waals surface area contributed by atoms with E-state index >= 15 is 0 Å². The van der Waals surface area contributed by atoms with Gasteiger partial charge in [0.05, 0.1) is 0 Å². The maximum Gasteiger partial charge on any atom is 0.167 e. The molecule has 0 aliphatic rings. The molecule has 0 saturated carbocycles. The van der Waals surface area contributed by atoms with Crippen molar-refractivity contribution in [3.05, 3.63) is 53.8 Å². The molecule has 0 bridgehead atoms. The highest BCUT2D eigenvalue weighted by Crippen LogP contribution is 2.29. The first-order chi connectivity index (χ1) is 9.40. The number of rotatable bonds is 3. The summed E-state index contributed by atoms with van der Waals surface area (Å²) < 4.78 is 19.4. The second kappa shape index (κ2) is 5.53. The lowest BCUT2D eigenvalue weighted by Crippen LogP contribution is -2.10. The van der Waals surface area contributed by atoms with E-state index in [4.69, 9.17) is 4.74 Å². The molecule has 0 fully saturated rings. The van der Waals surface area contributed by atoms with E-state index in [1.54, 1.807) is 19.2 Å². The van der Waals surface area contributed by atoms with Crippen LogP contribution in [-0.2, 0) is 5.41 Å². The predicted octanol–water partition coefficient (Wildman–Crippen LogP) is 4.96. The van der Waals surface area contributed by atoms with Crippen LogP contribution in [0.5, 0.6) is 11.5 Å². The van der Waals surface area contributed by atoms with Gasteiger partial charge < -0.3 is 10.1 Å². The smallest absolute Gasteiger partial charge is 0.167 e. The van der Waals surface area contributed by atoms with Gasteiger partial charge in [-0.1, -0.05) is 32.9 Å². The van der Waals surface area contributed by atoms with Crippen molar-refractivity contribution in [1.82, 2.24) is 0 Å². The van der Waals surface area contributed by atoms with E-state index in [1.807, 2.05) is 24.3 Å². The first kappa shape index (κ1) is 14.4. The Morgan fingerprint density at radius 1 is 1.00 bits per heavy atom. The monoisotopic (exact) mass is 273 g/mol. The minimum absolute atomic E-state index is 0.0955. The maximum absolute atomic E-state index is 13.8. The summed E-state index contributed by atoms with van der Waals surface area (Å²) in [7, 11) is 1.75. The van der Waals surface area contributed by atoms with Crippen LogP contribution in [0.2, 0.25) is 0 Å². The number of ether oxygens (including phenoxy) is 1. The summed E-state index contributed by atoms with van der Waals surface area (Å²) in [5.41, 5.74) is 2.03. The summed E-state index contributed by atoms with van der Waals surface area (Å²) in [6.45, 7) is 6.46. The number of hydrogen-bond acceptors (Lipinski definition) is 2. The van der Waals surface area contributed by atoms with Crippen molar-refractivity contribution in [2.45, 2.75) is 26.2 Å². The predicted molar refractivity (Wildman–Crippen MR) is 81.2 cm³/mol. The van der Waals surface area contributed by atoms with Crippen LogP contribution < -0.4 is 10.1 Å². The summed E-state index contributed by atoms with van der Waals surface area (Å²) in [5, 5.41) is 2.89. The van der Waals surface area contributed by atoms with Crippen LogP contribution in [0.3, 0.4) is 0 Å². The molecule has 2 aromatic carbocycles. The standard InChI is InChI=1S/C17H20FNO/c1-17(2,3)12-5-8-14(9-6-12)20-16-10-7-13(19-4)11-15(16)18/h5-11,19H,1-4H3. The van der Waals surface area contributed by atoms with Gasteiger partial charge in [0.1, 0.15) is 5.75 Å². The molecule has 0 amide bonds. The molecular formula is C17H20FNO. The van der Waals surface area contributed by atoms with E-state index in [2.05, 4.69) is 26.1 Å². The van der Waals surface area contributed by atoms with E-state index in [0.717, 1.165) is 5.69 Å².